The average Bonchev–Trinajstić information content (AvgIpc) is 2.86. The second-order valence-corrected chi connectivity index (χ2v) is 7.40. The van der Waals surface area contributed by atoms with E-state index in [4.69, 9.17) is 11.6 Å². The van der Waals surface area contributed by atoms with Crippen molar-refractivity contribution in [1.82, 2.24) is 4.98 Å². The Morgan fingerprint density at radius 2 is 1.82 bits per heavy atom. The number of sulfone groups is 1. The van der Waals surface area contributed by atoms with Gasteiger partial charge in [-0.3, -0.25) is 0 Å². The summed E-state index contributed by atoms with van der Waals surface area (Å²) in [6.45, 7) is 5.62. The number of hydrogen-bond donors (Lipinski definition) is 1. The van der Waals surface area contributed by atoms with Crippen molar-refractivity contribution in [2.45, 2.75) is 16.7 Å². The van der Waals surface area contributed by atoms with Crippen molar-refractivity contribution in [3.63, 3.8) is 0 Å². The molecular weight excluding hydrogens is 318 g/mol. The number of aromatic amines is 1. The number of rotatable bonds is 3. The highest BCUT2D eigenvalue weighted by atomic mass is 35.5. The fourth-order valence-corrected chi connectivity index (χ4v) is 4.21. The molecule has 3 rings (SSSR count). The van der Waals surface area contributed by atoms with Crippen LogP contribution in [0.25, 0.3) is 17.0 Å². The third kappa shape index (κ3) is 2.34. The number of hydrogen-bond acceptors (Lipinski definition) is 2. The standard InChI is InChI=1S/C17H14ClNO2S/c1-3-15-17(14-10-12(18)6-9-16(14)19-15)22(20,21)13-7-4-11(2)5-8-13/h3-10,19H,1H2,2H3. The van der Waals surface area contributed by atoms with Crippen LogP contribution in [0.4, 0.5) is 0 Å². The van der Waals surface area contributed by atoms with Crippen LogP contribution >= 0.6 is 11.6 Å². The van der Waals surface area contributed by atoms with Gasteiger partial charge in [0, 0.05) is 15.9 Å². The minimum absolute atomic E-state index is 0.212. The van der Waals surface area contributed by atoms with Crippen molar-refractivity contribution in [2.24, 2.45) is 0 Å². The summed E-state index contributed by atoms with van der Waals surface area (Å²) in [6, 6.07) is 11.9. The zero-order valence-electron chi connectivity index (χ0n) is 11.9. The zero-order valence-corrected chi connectivity index (χ0v) is 13.5. The fourth-order valence-electron chi connectivity index (χ4n) is 2.43. The summed E-state index contributed by atoms with van der Waals surface area (Å²) in [4.78, 5) is 3.54. The quantitative estimate of drug-likeness (QED) is 0.762. The van der Waals surface area contributed by atoms with Gasteiger partial charge in [-0.25, -0.2) is 8.42 Å². The number of nitrogens with one attached hydrogen (secondary N) is 1. The Balaban J connectivity index is 2.34. The molecule has 2 aromatic carbocycles. The molecule has 0 spiro atoms. The zero-order chi connectivity index (χ0) is 15.9. The molecule has 0 fully saturated rings. The van der Waals surface area contributed by atoms with Crippen molar-refractivity contribution in [2.75, 3.05) is 0 Å². The van der Waals surface area contributed by atoms with Crippen molar-refractivity contribution >= 4 is 38.4 Å². The summed E-state index contributed by atoms with van der Waals surface area (Å²) in [6.07, 6.45) is 1.51. The van der Waals surface area contributed by atoms with Crippen LogP contribution in [0.5, 0.6) is 0 Å². The van der Waals surface area contributed by atoms with Crippen LogP contribution in [-0.4, -0.2) is 13.4 Å². The normalized spacial score (nSPS) is 11.7. The van der Waals surface area contributed by atoms with E-state index in [0.29, 0.717) is 21.6 Å². The van der Waals surface area contributed by atoms with Crippen molar-refractivity contribution < 1.29 is 8.42 Å². The third-order valence-corrected chi connectivity index (χ3v) is 5.65. The van der Waals surface area contributed by atoms with Gasteiger partial charge in [0.25, 0.3) is 0 Å². The first kappa shape index (κ1) is 14.9. The number of halogens is 1. The van der Waals surface area contributed by atoms with Gasteiger partial charge in [0.15, 0.2) is 0 Å². The van der Waals surface area contributed by atoms with Gasteiger partial charge in [0.1, 0.15) is 4.90 Å². The van der Waals surface area contributed by atoms with Crippen LogP contribution in [0.3, 0.4) is 0 Å². The van der Waals surface area contributed by atoms with Gasteiger partial charge in [0.05, 0.1) is 10.6 Å². The molecule has 1 heterocycles. The summed E-state index contributed by atoms with van der Waals surface area (Å²) in [5, 5.41) is 1.06. The van der Waals surface area contributed by atoms with Crippen molar-refractivity contribution in [3.8, 4) is 0 Å². The highest BCUT2D eigenvalue weighted by Gasteiger charge is 2.25. The second-order valence-electron chi connectivity index (χ2n) is 5.08. The molecule has 0 bridgehead atoms. The van der Waals surface area contributed by atoms with Crippen LogP contribution in [0, 0.1) is 6.92 Å². The smallest absolute Gasteiger partial charge is 0.209 e. The Hall–Kier alpha value is -2.04. The maximum Gasteiger partial charge on any atom is 0.209 e. The van der Waals surface area contributed by atoms with Gasteiger partial charge in [-0.2, -0.15) is 0 Å². The lowest BCUT2D eigenvalue weighted by molar-refractivity contribution is 0.597. The summed E-state index contributed by atoms with van der Waals surface area (Å²) in [5.74, 6) is 0. The van der Waals surface area contributed by atoms with E-state index in [-0.39, 0.29) is 9.79 Å². The molecule has 22 heavy (non-hydrogen) atoms. The minimum Gasteiger partial charge on any atom is -0.354 e. The monoisotopic (exact) mass is 331 g/mol. The Morgan fingerprint density at radius 3 is 2.45 bits per heavy atom. The highest BCUT2D eigenvalue weighted by molar-refractivity contribution is 7.91. The van der Waals surface area contributed by atoms with Crippen LogP contribution in [0.2, 0.25) is 5.02 Å². The van der Waals surface area contributed by atoms with E-state index in [1.165, 1.54) is 6.08 Å². The molecule has 0 aliphatic rings. The molecule has 0 atom stereocenters. The lowest BCUT2D eigenvalue weighted by Gasteiger charge is -2.06. The Morgan fingerprint density at radius 1 is 1.14 bits per heavy atom. The topological polar surface area (TPSA) is 49.9 Å². The molecule has 3 aromatic rings. The van der Waals surface area contributed by atoms with E-state index in [1.54, 1.807) is 42.5 Å². The number of fused-ring (bicyclic) bond motifs is 1. The SMILES string of the molecule is C=Cc1[nH]c2ccc(Cl)cc2c1S(=O)(=O)c1ccc(C)cc1. The van der Waals surface area contributed by atoms with Crippen LogP contribution in [0.1, 0.15) is 11.3 Å². The van der Waals surface area contributed by atoms with Gasteiger partial charge in [0.2, 0.25) is 9.84 Å². The van der Waals surface area contributed by atoms with E-state index < -0.39 is 9.84 Å². The van der Waals surface area contributed by atoms with Crippen LogP contribution in [-0.2, 0) is 9.84 Å². The molecule has 0 saturated heterocycles. The first-order chi connectivity index (χ1) is 10.4. The molecule has 0 saturated carbocycles. The molecule has 0 aliphatic heterocycles. The number of benzene rings is 2. The largest absolute Gasteiger partial charge is 0.354 e. The van der Waals surface area contributed by atoms with Crippen LogP contribution in [0.15, 0.2) is 58.8 Å². The Bertz CT molecular complexity index is 970. The molecule has 0 amide bonds. The van der Waals surface area contributed by atoms with E-state index in [2.05, 4.69) is 11.6 Å². The average molecular weight is 332 g/mol. The number of aromatic nitrogens is 1. The molecule has 0 unspecified atom stereocenters. The van der Waals surface area contributed by atoms with Gasteiger partial charge >= 0.3 is 0 Å². The summed E-state index contributed by atoms with van der Waals surface area (Å²) in [5.41, 5.74) is 2.19. The number of aryl methyl sites for hydroxylation is 1. The highest BCUT2D eigenvalue weighted by Crippen LogP contribution is 2.33. The van der Waals surface area contributed by atoms with Crippen molar-refractivity contribution in [3.05, 3.63) is 65.3 Å². The number of H-pyrrole nitrogens is 1. The summed E-state index contributed by atoms with van der Waals surface area (Å²) < 4.78 is 26.0. The fraction of sp³-hybridized carbons (Fsp3) is 0.0588. The lowest BCUT2D eigenvalue weighted by atomic mass is 10.2. The van der Waals surface area contributed by atoms with Crippen molar-refractivity contribution in [1.29, 1.82) is 0 Å². The Kier molecular flexibility index (Phi) is 3.59. The Labute approximate surface area is 134 Å². The second kappa shape index (κ2) is 5.30. The van der Waals surface area contributed by atoms with E-state index in [0.717, 1.165) is 5.56 Å². The maximum absolute atomic E-state index is 13.0. The first-order valence-electron chi connectivity index (χ1n) is 6.69. The van der Waals surface area contributed by atoms with Crippen LogP contribution < -0.4 is 0 Å². The van der Waals surface area contributed by atoms with Gasteiger partial charge in [-0.05, 0) is 43.3 Å². The first-order valence-corrected chi connectivity index (χ1v) is 8.55. The third-order valence-electron chi connectivity index (χ3n) is 3.54. The maximum atomic E-state index is 13.0. The van der Waals surface area contributed by atoms with E-state index >= 15 is 0 Å². The molecular formula is C17H14ClNO2S. The minimum atomic E-state index is -3.66. The molecule has 0 radical (unpaired) electrons. The lowest BCUT2D eigenvalue weighted by Crippen LogP contribution is -2.03. The predicted octanol–water partition coefficient (Wildman–Crippen LogP) is 4.61. The van der Waals surface area contributed by atoms with E-state index in [1.807, 2.05) is 6.92 Å². The summed E-state index contributed by atoms with van der Waals surface area (Å²) >= 11 is 6.03. The van der Waals surface area contributed by atoms with Gasteiger partial charge in [-0.1, -0.05) is 35.9 Å². The van der Waals surface area contributed by atoms with Gasteiger partial charge in [-0.15, -0.1) is 0 Å². The van der Waals surface area contributed by atoms with E-state index in [9.17, 15) is 8.42 Å². The molecule has 1 N–H and O–H groups in total. The van der Waals surface area contributed by atoms with Gasteiger partial charge < -0.3 is 4.98 Å². The summed E-state index contributed by atoms with van der Waals surface area (Å²) in [7, 11) is -3.66. The molecule has 0 aliphatic carbocycles. The molecule has 5 heteroatoms. The predicted molar refractivity (Wildman–Crippen MR) is 90.0 cm³/mol. The molecule has 1 aromatic heterocycles. The molecule has 112 valence electrons. The molecule has 3 nitrogen and oxygen atoms in total.